The van der Waals surface area contributed by atoms with Crippen molar-refractivity contribution in [3.05, 3.63) is 45.8 Å². The Labute approximate surface area is 199 Å². The fourth-order valence-corrected chi connectivity index (χ4v) is 5.51. The van der Waals surface area contributed by atoms with Gasteiger partial charge in [-0.15, -0.1) is 16.4 Å². The molecule has 0 amide bonds. The first-order chi connectivity index (χ1) is 16.3. The number of hydrogen-bond donors (Lipinski definition) is 0. The van der Waals surface area contributed by atoms with E-state index in [1.165, 1.54) is 16.0 Å². The zero-order valence-electron chi connectivity index (χ0n) is 19.5. The maximum Gasteiger partial charge on any atom is 0.291 e. The summed E-state index contributed by atoms with van der Waals surface area (Å²) in [6.45, 7) is 8.87. The fraction of sp³-hybridized carbons (Fsp3) is 0.450. The number of ether oxygens (including phenoxy) is 1. The average Bonchev–Trinajstić information content (AvgIpc) is 3.55. The smallest absolute Gasteiger partial charge is 0.291 e. The molecule has 0 saturated heterocycles. The van der Waals surface area contributed by atoms with Crippen LogP contribution in [0.5, 0.6) is 0 Å². The molecule has 0 aliphatic rings. The van der Waals surface area contributed by atoms with E-state index in [1.807, 2.05) is 23.9 Å². The highest BCUT2D eigenvalue weighted by atomic mass is 32.1. The molecule has 0 aliphatic heterocycles. The summed E-state index contributed by atoms with van der Waals surface area (Å²) in [5, 5.41) is 21.8. The second kappa shape index (κ2) is 8.85. The molecule has 5 aromatic heterocycles. The van der Waals surface area contributed by atoms with Gasteiger partial charge in [-0.25, -0.2) is 19.0 Å². The molecule has 12 nitrogen and oxygen atoms in total. The number of fused-ring (bicyclic) bond motifs is 3. The Balaban J connectivity index is 1.34. The summed E-state index contributed by atoms with van der Waals surface area (Å²) in [7, 11) is 0.735. The number of aromatic nitrogens is 10. The van der Waals surface area contributed by atoms with Gasteiger partial charge in [-0.3, -0.25) is 4.79 Å². The Hall–Kier alpha value is -3.23. The van der Waals surface area contributed by atoms with E-state index in [0.717, 1.165) is 39.1 Å². The minimum absolute atomic E-state index is 0.173. The van der Waals surface area contributed by atoms with Crippen LogP contribution in [0.2, 0.25) is 25.7 Å². The van der Waals surface area contributed by atoms with Crippen molar-refractivity contribution < 1.29 is 4.74 Å². The molecule has 0 unspecified atom stereocenters. The summed E-state index contributed by atoms with van der Waals surface area (Å²) in [4.78, 5) is 17.9. The Morgan fingerprint density at radius 1 is 1.18 bits per heavy atom. The third-order valence-electron chi connectivity index (χ3n) is 5.49. The lowest BCUT2D eigenvalue weighted by molar-refractivity contribution is 0.0782. The number of tetrazole rings is 1. The molecule has 0 aromatic carbocycles. The maximum atomic E-state index is 13.2. The first kappa shape index (κ1) is 22.6. The summed E-state index contributed by atoms with van der Waals surface area (Å²) in [5.74, 6) is 0. The van der Waals surface area contributed by atoms with E-state index >= 15 is 0 Å². The van der Waals surface area contributed by atoms with E-state index in [1.54, 1.807) is 21.9 Å². The molecule has 178 valence electrons. The molecule has 34 heavy (non-hydrogen) atoms. The van der Waals surface area contributed by atoms with Crippen LogP contribution in [0.1, 0.15) is 10.7 Å². The van der Waals surface area contributed by atoms with Crippen LogP contribution in [-0.4, -0.2) is 64.0 Å². The van der Waals surface area contributed by atoms with Crippen molar-refractivity contribution in [2.75, 3.05) is 6.61 Å². The van der Waals surface area contributed by atoms with Gasteiger partial charge in [0.2, 0.25) is 0 Å². The van der Waals surface area contributed by atoms with Gasteiger partial charge in [-0.2, -0.15) is 10.2 Å². The van der Waals surface area contributed by atoms with E-state index in [0.29, 0.717) is 18.8 Å². The number of thiazole rings is 1. The molecule has 5 heterocycles. The van der Waals surface area contributed by atoms with Crippen molar-refractivity contribution >= 4 is 40.7 Å². The Morgan fingerprint density at radius 3 is 2.79 bits per heavy atom. The van der Waals surface area contributed by atoms with Crippen LogP contribution in [0.3, 0.4) is 0 Å². The van der Waals surface area contributed by atoms with Gasteiger partial charge < -0.3 is 9.30 Å². The molecule has 0 radical (unpaired) electrons. The topological polar surface area (TPSA) is 123 Å². The van der Waals surface area contributed by atoms with Crippen molar-refractivity contribution in [3.8, 4) is 0 Å². The van der Waals surface area contributed by atoms with Crippen LogP contribution < -0.4 is 5.56 Å². The van der Waals surface area contributed by atoms with Crippen LogP contribution in [0.25, 0.3) is 21.3 Å². The highest BCUT2D eigenvalue weighted by molar-refractivity contribution is 7.19. The minimum Gasteiger partial charge on any atom is -0.360 e. The predicted molar refractivity (Wildman–Crippen MR) is 131 cm³/mol. The summed E-state index contributed by atoms with van der Waals surface area (Å²) in [5.41, 5.74) is 1.90. The van der Waals surface area contributed by atoms with Crippen LogP contribution in [0.15, 0.2) is 29.6 Å². The lowest BCUT2D eigenvalue weighted by Gasteiger charge is -2.15. The van der Waals surface area contributed by atoms with Gasteiger partial charge in [-0.05, 0) is 22.5 Å². The van der Waals surface area contributed by atoms with Crippen molar-refractivity contribution in [3.63, 3.8) is 0 Å². The Morgan fingerprint density at radius 2 is 2.03 bits per heavy atom. The first-order valence-corrected chi connectivity index (χ1v) is 15.5. The second-order valence-electron chi connectivity index (χ2n) is 9.39. The number of rotatable bonds is 9. The molecule has 0 fully saturated rings. The van der Waals surface area contributed by atoms with E-state index in [4.69, 9.17) is 9.72 Å². The molecule has 5 rings (SSSR count). The van der Waals surface area contributed by atoms with Gasteiger partial charge in [0.25, 0.3) is 5.56 Å². The van der Waals surface area contributed by atoms with Gasteiger partial charge in [0.1, 0.15) is 23.6 Å². The quantitative estimate of drug-likeness (QED) is 0.223. The fourth-order valence-electron chi connectivity index (χ4n) is 3.65. The third-order valence-corrected chi connectivity index (χ3v) is 8.25. The lowest BCUT2D eigenvalue weighted by Crippen LogP contribution is -2.25. The number of nitrogens with zero attached hydrogens (tertiary/aromatic N) is 10. The SMILES string of the molecule is Cn1c2nc(Cn3cnnn3)sc2c2cnn(Cc3ccn(COCC[Si](C)(C)C)n3)c(=O)c21. The average molecular weight is 499 g/mol. The number of aryl methyl sites for hydroxylation is 1. The van der Waals surface area contributed by atoms with E-state index in [2.05, 4.69) is 45.4 Å². The van der Waals surface area contributed by atoms with Crippen molar-refractivity contribution in [1.29, 1.82) is 0 Å². The summed E-state index contributed by atoms with van der Waals surface area (Å²) >= 11 is 1.51. The normalized spacial score (nSPS) is 12.4. The summed E-state index contributed by atoms with van der Waals surface area (Å²) < 4.78 is 13.3. The van der Waals surface area contributed by atoms with Gasteiger partial charge in [-0.1, -0.05) is 19.6 Å². The first-order valence-electron chi connectivity index (χ1n) is 10.9. The minimum atomic E-state index is -1.12. The molecule has 0 saturated carbocycles. The highest BCUT2D eigenvalue weighted by Crippen LogP contribution is 2.31. The molecule has 5 aromatic rings. The number of hydrogen-bond acceptors (Lipinski definition) is 9. The van der Waals surface area contributed by atoms with Crippen molar-refractivity contribution in [1.82, 2.24) is 49.3 Å². The van der Waals surface area contributed by atoms with Gasteiger partial charge >= 0.3 is 0 Å². The van der Waals surface area contributed by atoms with Crippen LogP contribution in [-0.2, 0) is 31.6 Å². The maximum absolute atomic E-state index is 13.2. The van der Waals surface area contributed by atoms with Crippen LogP contribution in [0.4, 0.5) is 0 Å². The molecule has 0 spiro atoms. The molecule has 14 heteroatoms. The zero-order valence-corrected chi connectivity index (χ0v) is 21.4. The zero-order chi connectivity index (χ0) is 23.9. The van der Waals surface area contributed by atoms with E-state index < -0.39 is 8.07 Å². The largest absolute Gasteiger partial charge is 0.360 e. The van der Waals surface area contributed by atoms with Gasteiger partial charge in [0, 0.05) is 33.3 Å². The Kier molecular flexibility index (Phi) is 5.87. The van der Waals surface area contributed by atoms with Gasteiger partial charge in [0.15, 0.2) is 5.65 Å². The van der Waals surface area contributed by atoms with Crippen molar-refractivity contribution in [2.45, 2.75) is 45.5 Å². The molecule has 0 atom stereocenters. The van der Waals surface area contributed by atoms with E-state index in [-0.39, 0.29) is 12.1 Å². The highest BCUT2D eigenvalue weighted by Gasteiger charge is 2.19. The molecule has 0 N–H and O–H groups in total. The van der Waals surface area contributed by atoms with Gasteiger partial charge in [0.05, 0.1) is 29.7 Å². The van der Waals surface area contributed by atoms with Crippen LogP contribution >= 0.6 is 11.3 Å². The lowest BCUT2D eigenvalue weighted by atomic mass is 10.3. The molecule has 0 bridgehead atoms. The predicted octanol–water partition coefficient (Wildman–Crippen LogP) is 1.94. The van der Waals surface area contributed by atoms with Crippen molar-refractivity contribution in [2.24, 2.45) is 7.05 Å². The monoisotopic (exact) mass is 498 g/mol. The molecular weight excluding hydrogens is 472 g/mol. The Bertz CT molecular complexity index is 1490. The summed E-state index contributed by atoms with van der Waals surface area (Å²) in [6, 6.07) is 3.00. The molecular formula is C20H26N10O2SSi. The standard InChI is InChI=1S/C20H26N10O2SSi/c1-27-17-15(18-19(27)23-16(33-18)11-29-12-21-25-26-29)9-22-30(20(17)31)10-14-5-6-28(24-14)13-32-7-8-34(2,3)4/h5-6,9,12H,7-8,10-11,13H2,1-4H3. The summed E-state index contributed by atoms with van der Waals surface area (Å²) in [6.07, 6.45) is 5.14. The third kappa shape index (κ3) is 4.56. The molecule has 0 aliphatic carbocycles. The van der Waals surface area contributed by atoms with E-state index in [9.17, 15) is 4.79 Å². The van der Waals surface area contributed by atoms with Crippen LogP contribution in [0, 0.1) is 0 Å². The second-order valence-corrected chi connectivity index (χ2v) is 16.1.